The highest BCUT2D eigenvalue weighted by molar-refractivity contribution is 5.38. The maximum absolute atomic E-state index is 12.5. The summed E-state index contributed by atoms with van der Waals surface area (Å²) in [6.45, 7) is -0.772. The van der Waals surface area contributed by atoms with Crippen molar-refractivity contribution in [3.8, 4) is 5.75 Å². The van der Waals surface area contributed by atoms with Crippen molar-refractivity contribution in [1.29, 1.82) is 0 Å². The van der Waals surface area contributed by atoms with E-state index in [1.165, 1.54) is 11.1 Å². The van der Waals surface area contributed by atoms with Gasteiger partial charge in [-0.25, -0.2) is 0 Å². The first-order chi connectivity index (χ1) is 10.1. The second kappa shape index (κ2) is 7.18. The summed E-state index contributed by atoms with van der Waals surface area (Å²) in [5.74, 6) is 0.223. The van der Waals surface area contributed by atoms with E-state index in [4.69, 9.17) is 0 Å². The van der Waals surface area contributed by atoms with Crippen LogP contribution in [-0.2, 0) is 6.42 Å². The number of alkyl halides is 2. The van der Waals surface area contributed by atoms with Crippen molar-refractivity contribution in [2.75, 3.05) is 7.05 Å². The molecule has 0 saturated carbocycles. The minimum Gasteiger partial charge on any atom is -0.434 e. The maximum atomic E-state index is 12.5. The van der Waals surface area contributed by atoms with Crippen LogP contribution in [0.4, 0.5) is 8.78 Å². The van der Waals surface area contributed by atoms with E-state index in [1.54, 1.807) is 12.1 Å². The van der Waals surface area contributed by atoms with Crippen molar-refractivity contribution in [2.45, 2.75) is 26.0 Å². The number of para-hydroxylation sites is 1. The van der Waals surface area contributed by atoms with Gasteiger partial charge in [0, 0.05) is 11.6 Å². The average molecular weight is 291 g/mol. The summed E-state index contributed by atoms with van der Waals surface area (Å²) < 4.78 is 29.7. The molecule has 0 aliphatic carbocycles. The van der Waals surface area contributed by atoms with Crippen LogP contribution in [0, 0.1) is 6.92 Å². The monoisotopic (exact) mass is 291 g/mol. The SMILES string of the molecule is CNC(Cc1ccccc1C)c1ccccc1OC(F)F. The number of hydrogen-bond acceptors (Lipinski definition) is 2. The summed E-state index contributed by atoms with van der Waals surface area (Å²) in [6, 6.07) is 14.9. The first-order valence-corrected chi connectivity index (χ1v) is 6.87. The molecule has 112 valence electrons. The molecule has 0 aliphatic rings. The van der Waals surface area contributed by atoms with Gasteiger partial charge in [-0.15, -0.1) is 0 Å². The first-order valence-electron chi connectivity index (χ1n) is 6.87. The summed E-state index contributed by atoms with van der Waals surface area (Å²) in [4.78, 5) is 0. The smallest absolute Gasteiger partial charge is 0.387 e. The Morgan fingerprint density at radius 3 is 2.38 bits per heavy atom. The average Bonchev–Trinajstić information content (AvgIpc) is 2.47. The summed E-state index contributed by atoms with van der Waals surface area (Å²) in [5, 5.41) is 3.18. The van der Waals surface area contributed by atoms with Gasteiger partial charge in [-0.2, -0.15) is 8.78 Å². The van der Waals surface area contributed by atoms with Crippen LogP contribution in [0.5, 0.6) is 5.75 Å². The lowest BCUT2D eigenvalue weighted by atomic mass is 9.95. The Kier molecular flexibility index (Phi) is 5.28. The zero-order valence-corrected chi connectivity index (χ0v) is 12.1. The number of rotatable bonds is 6. The van der Waals surface area contributed by atoms with E-state index in [0.29, 0.717) is 6.42 Å². The Labute approximate surface area is 123 Å². The predicted molar refractivity (Wildman–Crippen MR) is 79.8 cm³/mol. The van der Waals surface area contributed by atoms with Crippen LogP contribution < -0.4 is 10.1 Å². The minimum atomic E-state index is -2.82. The number of nitrogens with one attached hydrogen (secondary N) is 1. The van der Waals surface area contributed by atoms with Crippen molar-refractivity contribution in [3.05, 3.63) is 65.2 Å². The summed E-state index contributed by atoms with van der Waals surface area (Å²) >= 11 is 0. The molecule has 0 radical (unpaired) electrons. The third kappa shape index (κ3) is 4.02. The van der Waals surface area contributed by atoms with Crippen LogP contribution in [0.25, 0.3) is 0 Å². The van der Waals surface area contributed by atoms with E-state index in [2.05, 4.69) is 16.1 Å². The molecule has 0 fully saturated rings. The largest absolute Gasteiger partial charge is 0.434 e. The van der Waals surface area contributed by atoms with Crippen LogP contribution in [0.15, 0.2) is 48.5 Å². The van der Waals surface area contributed by atoms with Gasteiger partial charge in [0.1, 0.15) is 5.75 Å². The molecule has 1 N–H and O–H groups in total. The van der Waals surface area contributed by atoms with Crippen LogP contribution in [0.1, 0.15) is 22.7 Å². The summed E-state index contributed by atoms with van der Waals surface area (Å²) in [6.07, 6.45) is 0.715. The third-order valence-electron chi connectivity index (χ3n) is 3.54. The van der Waals surface area contributed by atoms with Crippen molar-refractivity contribution in [2.24, 2.45) is 0 Å². The van der Waals surface area contributed by atoms with Gasteiger partial charge in [0.15, 0.2) is 0 Å². The van der Waals surface area contributed by atoms with Crippen LogP contribution in [0.3, 0.4) is 0 Å². The van der Waals surface area contributed by atoms with Crippen molar-refractivity contribution in [3.63, 3.8) is 0 Å². The van der Waals surface area contributed by atoms with Crippen LogP contribution >= 0.6 is 0 Å². The Balaban J connectivity index is 2.27. The van der Waals surface area contributed by atoms with Crippen molar-refractivity contribution < 1.29 is 13.5 Å². The van der Waals surface area contributed by atoms with E-state index >= 15 is 0 Å². The Morgan fingerprint density at radius 1 is 1.05 bits per heavy atom. The highest BCUT2D eigenvalue weighted by atomic mass is 19.3. The number of benzene rings is 2. The fourth-order valence-corrected chi connectivity index (χ4v) is 2.40. The predicted octanol–water partition coefficient (Wildman–Crippen LogP) is 4.10. The van der Waals surface area contributed by atoms with Crippen LogP contribution in [0.2, 0.25) is 0 Å². The van der Waals surface area contributed by atoms with Gasteiger partial charge in [0.2, 0.25) is 0 Å². The van der Waals surface area contributed by atoms with Gasteiger partial charge in [-0.3, -0.25) is 0 Å². The second-order valence-electron chi connectivity index (χ2n) is 4.89. The normalized spacial score (nSPS) is 12.4. The highest BCUT2D eigenvalue weighted by Gasteiger charge is 2.17. The molecule has 21 heavy (non-hydrogen) atoms. The third-order valence-corrected chi connectivity index (χ3v) is 3.54. The van der Waals surface area contributed by atoms with Crippen LogP contribution in [-0.4, -0.2) is 13.7 Å². The molecule has 0 aromatic heterocycles. The molecular weight excluding hydrogens is 272 g/mol. The number of halogens is 2. The number of ether oxygens (including phenoxy) is 1. The zero-order chi connectivity index (χ0) is 15.2. The summed E-state index contributed by atoms with van der Waals surface area (Å²) in [5.41, 5.74) is 3.11. The Morgan fingerprint density at radius 2 is 1.71 bits per heavy atom. The van der Waals surface area contributed by atoms with E-state index in [-0.39, 0.29) is 11.8 Å². The fraction of sp³-hybridized carbons (Fsp3) is 0.294. The molecule has 0 bridgehead atoms. The van der Waals surface area contributed by atoms with E-state index in [9.17, 15) is 8.78 Å². The molecule has 1 unspecified atom stereocenters. The molecule has 0 heterocycles. The topological polar surface area (TPSA) is 21.3 Å². The van der Waals surface area contributed by atoms with E-state index in [0.717, 1.165) is 5.56 Å². The van der Waals surface area contributed by atoms with Gasteiger partial charge >= 0.3 is 6.61 Å². The quantitative estimate of drug-likeness (QED) is 0.865. The lowest BCUT2D eigenvalue weighted by molar-refractivity contribution is -0.0507. The molecule has 0 amide bonds. The van der Waals surface area contributed by atoms with Gasteiger partial charge < -0.3 is 10.1 Å². The number of aryl methyl sites for hydroxylation is 1. The zero-order valence-electron chi connectivity index (χ0n) is 12.1. The fourth-order valence-electron chi connectivity index (χ4n) is 2.40. The molecule has 0 spiro atoms. The Bertz CT molecular complexity index is 587. The molecule has 0 saturated heterocycles. The second-order valence-corrected chi connectivity index (χ2v) is 4.89. The number of likely N-dealkylation sites (N-methyl/N-ethyl adjacent to an activating group) is 1. The van der Waals surface area contributed by atoms with Gasteiger partial charge in [-0.1, -0.05) is 42.5 Å². The molecule has 2 aromatic rings. The standard InChI is InChI=1S/C17H19F2NO/c1-12-7-3-4-8-13(12)11-15(20-2)14-9-5-6-10-16(14)21-17(18)19/h3-10,15,17,20H,11H2,1-2H3. The molecule has 0 aliphatic heterocycles. The Hall–Kier alpha value is -1.94. The molecular formula is C17H19F2NO. The molecule has 2 rings (SSSR count). The number of hydrogen-bond donors (Lipinski definition) is 1. The molecule has 1 atom stereocenters. The van der Waals surface area contributed by atoms with E-state index < -0.39 is 6.61 Å². The van der Waals surface area contributed by atoms with Gasteiger partial charge in [-0.05, 0) is 37.6 Å². The lowest BCUT2D eigenvalue weighted by Crippen LogP contribution is -2.20. The van der Waals surface area contributed by atoms with Crippen molar-refractivity contribution in [1.82, 2.24) is 5.32 Å². The first kappa shape index (κ1) is 15.4. The molecule has 4 heteroatoms. The molecule has 2 aromatic carbocycles. The summed E-state index contributed by atoms with van der Waals surface area (Å²) in [7, 11) is 1.82. The van der Waals surface area contributed by atoms with E-state index in [1.807, 2.05) is 44.3 Å². The lowest BCUT2D eigenvalue weighted by Gasteiger charge is -2.21. The maximum Gasteiger partial charge on any atom is 0.387 e. The van der Waals surface area contributed by atoms with Gasteiger partial charge in [0.25, 0.3) is 0 Å². The van der Waals surface area contributed by atoms with Crippen molar-refractivity contribution >= 4 is 0 Å². The minimum absolute atomic E-state index is 0.0824. The highest BCUT2D eigenvalue weighted by Crippen LogP contribution is 2.29. The van der Waals surface area contributed by atoms with Gasteiger partial charge in [0.05, 0.1) is 0 Å². The molecule has 2 nitrogen and oxygen atoms in total.